The maximum absolute atomic E-state index is 5.54. The van der Waals surface area contributed by atoms with E-state index in [2.05, 4.69) is 246 Å². The van der Waals surface area contributed by atoms with E-state index in [4.69, 9.17) is 9.97 Å². The van der Waals surface area contributed by atoms with E-state index in [1.54, 1.807) is 0 Å². The Bertz CT molecular complexity index is 4300. The molecule has 3 aromatic heterocycles. The molecule has 68 heavy (non-hydrogen) atoms. The van der Waals surface area contributed by atoms with Crippen LogP contribution in [-0.2, 0) is 0 Å². The van der Waals surface area contributed by atoms with Gasteiger partial charge in [-0.05, 0) is 117 Å². The molecule has 4 nitrogen and oxygen atoms in total. The van der Waals surface area contributed by atoms with Crippen molar-refractivity contribution >= 4 is 76.2 Å². The molecule has 0 aliphatic heterocycles. The van der Waals surface area contributed by atoms with Crippen molar-refractivity contribution < 1.29 is 0 Å². The van der Waals surface area contributed by atoms with Crippen LogP contribution in [0.2, 0.25) is 0 Å². The van der Waals surface area contributed by atoms with Crippen molar-refractivity contribution in [3.05, 3.63) is 243 Å². The Morgan fingerprint density at radius 1 is 0.250 bits per heavy atom. The molecule has 0 saturated carbocycles. The molecule has 14 rings (SSSR count). The lowest BCUT2D eigenvalue weighted by Gasteiger charge is -2.14. The van der Waals surface area contributed by atoms with Gasteiger partial charge < -0.3 is 9.13 Å². The molecular formula is C64H40N4. The van der Waals surface area contributed by atoms with E-state index >= 15 is 0 Å². The molecule has 0 aliphatic carbocycles. The SMILES string of the molecule is c1ccc(-c2ccc3c4ccc(-c5ccccc5)cc4c4nc(-c5cccc(-n6c7ccccc7c7cc(-c8ccc9c(c8)c8ccccc8n9-c8ccccc8)ccc76)c5)cnc4c3c2)cc1. The summed E-state index contributed by atoms with van der Waals surface area (Å²) in [4.78, 5) is 10.8. The van der Waals surface area contributed by atoms with Gasteiger partial charge in [-0.2, -0.15) is 0 Å². The van der Waals surface area contributed by atoms with E-state index in [-0.39, 0.29) is 0 Å². The Morgan fingerprint density at radius 3 is 1.26 bits per heavy atom. The van der Waals surface area contributed by atoms with Gasteiger partial charge in [-0.15, -0.1) is 0 Å². The van der Waals surface area contributed by atoms with Crippen molar-refractivity contribution in [2.75, 3.05) is 0 Å². The van der Waals surface area contributed by atoms with Gasteiger partial charge in [0, 0.05) is 49.3 Å². The second-order valence-corrected chi connectivity index (χ2v) is 17.8. The Labute approximate surface area is 392 Å². The smallest absolute Gasteiger partial charge is 0.0979 e. The highest BCUT2D eigenvalue weighted by molar-refractivity contribution is 6.24. The summed E-state index contributed by atoms with van der Waals surface area (Å²) in [5.41, 5.74) is 17.6. The number of fused-ring (bicyclic) bond motifs is 12. The Morgan fingerprint density at radius 2 is 0.676 bits per heavy atom. The molecule has 0 bridgehead atoms. The minimum Gasteiger partial charge on any atom is -0.309 e. The van der Waals surface area contributed by atoms with Gasteiger partial charge in [-0.1, -0.05) is 164 Å². The second kappa shape index (κ2) is 15.2. The molecule has 0 amide bonds. The minimum absolute atomic E-state index is 0.830. The molecule has 3 heterocycles. The van der Waals surface area contributed by atoms with Crippen molar-refractivity contribution in [3.8, 4) is 56.0 Å². The fourth-order valence-corrected chi connectivity index (χ4v) is 10.7. The maximum Gasteiger partial charge on any atom is 0.0979 e. The number of nitrogens with zero attached hydrogens (tertiary/aromatic N) is 4. The van der Waals surface area contributed by atoms with Gasteiger partial charge in [-0.3, -0.25) is 4.98 Å². The number of aromatic nitrogens is 4. The van der Waals surface area contributed by atoms with Crippen LogP contribution in [0.15, 0.2) is 243 Å². The molecule has 0 N–H and O–H groups in total. The van der Waals surface area contributed by atoms with Crippen LogP contribution in [0.4, 0.5) is 0 Å². The molecule has 14 aromatic rings. The fourth-order valence-electron chi connectivity index (χ4n) is 10.7. The third kappa shape index (κ3) is 6.01. The lowest BCUT2D eigenvalue weighted by molar-refractivity contribution is 1.18. The predicted molar refractivity (Wildman–Crippen MR) is 285 cm³/mol. The molecule has 0 aliphatic rings. The Balaban J connectivity index is 0.911. The highest BCUT2D eigenvalue weighted by Crippen LogP contribution is 2.41. The van der Waals surface area contributed by atoms with Gasteiger partial charge in [0.2, 0.25) is 0 Å². The van der Waals surface area contributed by atoms with Crippen LogP contribution in [0.5, 0.6) is 0 Å². The zero-order valence-corrected chi connectivity index (χ0v) is 36.9. The quantitative estimate of drug-likeness (QED) is 0.156. The summed E-state index contributed by atoms with van der Waals surface area (Å²) in [7, 11) is 0. The third-order valence-electron chi connectivity index (χ3n) is 13.9. The van der Waals surface area contributed by atoms with E-state index in [1.807, 2.05) is 6.20 Å². The molecule has 0 radical (unpaired) electrons. The van der Waals surface area contributed by atoms with Crippen molar-refractivity contribution in [1.29, 1.82) is 0 Å². The average molecular weight is 865 g/mol. The summed E-state index contributed by atoms with van der Waals surface area (Å²) >= 11 is 0. The van der Waals surface area contributed by atoms with Crippen LogP contribution in [0.1, 0.15) is 0 Å². The van der Waals surface area contributed by atoms with Gasteiger partial charge >= 0.3 is 0 Å². The first-order chi connectivity index (χ1) is 33.7. The van der Waals surface area contributed by atoms with Crippen LogP contribution in [0.3, 0.4) is 0 Å². The van der Waals surface area contributed by atoms with E-state index in [1.165, 1.54) is 60.2 Å². The molecule has 316 valence electrons. The van der Waals surface area contributed by atoms with E-state index < -0.39 is 0 Å². The first-order valence-corrected chi connectivity index (χ1v) is 23.2. The van der Waals surface area contributed by atoms with Gasteiger partial charge in [0.15, 0.2) is 0 Å². The first kappa shape index (κ1) is 38.2. The molecule has 0 unspecified atom stereocenters. The summed E-state index contributed by atoms with van der Waals surface area (Å²) in [6.07, 6.45) is 1.95. The zero-order chi connectivity index (χ0) is 44.7. The van der Waals surface area contributed by atoms with Crippen molar-refractivity contribution in [3.63, 3.8) is 0 Å². The molecule has 4 heteroatoms. The fraction of sp³-hybridized carbons (Fsp3) is 0. The molecule has 11 aromatic carbocycles. The number of para-hydroxylation sites is 3. The molecular weight excluding hydrogens is 825 g/mol. The standard InChI is InChI=1S/C64H40N4/c1-4-15-41(16-5-1)43-27-31-50-51-32-28-44(42-17-6-2-7-18-42)39-57(51)64-63(56(50)38-43)65-40-58(66-64)47-19-14-22-49(35-47)68-60-26-13-11-24-53(60)55-37-46(30-34-62(55)68)45-29-33-61-54(36-45)52-23-10-12-25-59(52)67(61)48-20-8-3-9-21-48/h1-40H. The predicted octanol–water partition coefficient (Wildman–Crippen LogP) is 16.8. The van der Waals surface area contributed by atoms with Crippen LogP contribution < -0.4 is 0 Å². The number of hydrogen-bond acceptors (Lipinski definition) is 2. The maximum atomic E-state index is 5.54. The normalized spacial score (nSPS) is 11.8. The number of hydrogen-bond donors (Lipinski definition) is 0. The second-order valence-electron chi connectivity index (χ2n) is 17.8. The Hall–Kier alpha value is -9.12. The summed E-state index contributed by atoms with van der Waals surface area (Å²) in [6.45, 7) is 0. The van der Waals surface area contributed by atoms with Crippen molar-refractivity contribution in [2.45, 2.75) is 0 Å². The lowest BCUT2D eigenvalue weighted by atomic mass is 9.93. The molecule has 0 saturated heterocycles. The van der Waals surface area contributed by atoms with Crippen LogP contribution >= 0.6 is 0 Å². The van der Waals surface area contributed by atoms with E-state index in [0.717, 1.165) is 72.0 Å². The van der Waals surface area contributed by atoms with Crippen LogP contribution in [0.25, 0.3) is 132 Å². The summed E-state index contributed by atoms with van der Waals surface area (Å²) < 4.78 is 4.76. The zero-order valence-electron chi connectivity index (χ0n) is 36.9. The average Bonchev–Trinajstić information content (AvgIpc) is 3.93. The molecule has 0 fully saturated rings. The van der Waals surface area contributed by atoms with Gasteiger partial charge in [0.25, 0.3) is 0 Å². The lowest BCUT2D eigenvalue weighted by Crippen LogP contribution is -1.96. The highest BCUT2D eigenvalue weighted by atomic mass is 15.0. The van der Waals surface area contributed by atoms with Crippen molar-refractivity contribution in [1.82, 2.24) is 19.1 Å². The highest BCUT2D eigenvalue weighted by Gasteiger charge is 2.19. The van der Waals surface area contributed by atoms with Crippen LogP contribution in [0, 0.1) is 0 Å². The molecule has 0 atom stereocenters. The summed E-state index contributed by atoms with van der Waals surface area (Å²) in [5.74, 6) is 0. The monoisotopic (exact) mass is 864 g/mol. The van der Waals surface area contributed by atoms with E-state index in [9.17, 15) is 0 Å². The topological polar surface area (TPSA) is 35.6 Å². The summed E-state index contributed by atoms with van der Waals surface area (Å²) in [6, 6.07) is 85.4. The number of rotatable bonds is 6. The van der Waals surface area contributed by atoms with Gasteiger partial charge in [-0.25, -0.2) is 4.98 Å². The van der Waals surface area contributed by atoms with Gasteiger partial charge in [0.1, 0.15) is 0 Å². The van der Waals surface area contributed by atoms with Crippen LogP contribution in [-0.4, -0.2) is 19.1 Å². The largest absolute Gasteiger partial charge is 0.309 e. The molecule has 0 spiro atoms. The Kier molecular flexibility index (Phi) is 8.55. The third-order valence-corrected chi connectivity index (χ3v) is 13.9. The minimum atomic E-state index is 0.830. The van der Waals surface area contributed by atoms with Crippen molar-refractivity contribution in [2.24, 2.45) is 0 Å². The first-order valence-electron chi connectivity index (χ1n) is 23.2. The van der Waals surface area contributed by atoms with E-state index in [0.29, 0.717) is 0 Å². The number of benzene rings is 11. The van der Waals surface area contributed by atoms with Gasteiger partial charge in [0.05, 0.1) is 45.0 Å². The summed E-state index contributed by atoms with van der Waals surface area (Å²) in [5, 5.41) is 9.43.